The molecular weight excluding hydrogens is 384 g/mol. The summed E-state index contributed by atoms with van der Waals surface area (Å²) < 4.78 is 10.9. The first-order valence-electron chi connectivity index (χ1n) is 9.42. The molecule has 0 bridgehead atoms. The van der Waals surface area contributed by atoms with Crippen molar-refractivity contribution in [1.29, 1.82) is 0 Å². The Bertz CT molecular complexity index is 1090. The predicted octanol–water partition coefficient (Wildman–Crippen LogP) is 4.90. The molecular formula is C23H20N2O3S. The fourth-order valence-corrected chi connectivity index (χ4v) is 4.26. The molecule has 0 aliphatic carbocycles. The van der Waals surface area contributed by atoms with Gasteiger partial charge < -0.3 is 19.7 Å². The highest BCUT2D eigenvalue weighted by Gasteiger charge is 2.36. The van der Waals surface area contributed by atoms with Crippen LogP contribution in [0, 0.1) is 0 Å². The number of ether oxygens (including phenoxy) is 2. The van der Waals surface area contributed by atoms with Crippen LogP contribution >= 0.6 is 11.8 Å². The number of fused-ring (bicyclic) bond motifs is 2. The number of hydrogen-bond acceptors (Lipinski definition) is 5. The second-order valence-corrected chi connectivity index (χ2v) is 7.87. The Balaban J connectivity index is 1.48. The normalized spacial score (nSPS) is 16.8. The van der Waals surface area contributed by atoms with E-state index in [0.29, 0.717) is 6.54 Å². The van der Waals surface area contributed by atoms with Gasteiger partial charge in [0.15, 0.2) is 11.5 Å². The van der Waals surface area contributed by atoms with Gasteiger partial charge in [-0.1, -0.05) is 30.3 Å². The highest BCUT2D eigenvalue weighted by atomic mass is 32.2. The lowest BCUT2D eigenvalue weighted by Crippen LogP contribution is -2.31. The van der Waals surface area contributed by atoms with Gasteiger partial charge in [0.05, 0.1) is 0 Å². The number of benzene rings is 3. The van der Waals surface area contributed by atoms with E-state index in [-0.39, 0.29) is 18.9 Å². The van der Waals surface area contributed by atoms with Gasteiger partial charge in [-0.05, 0) is 48.2 Å². The molecule has 0 spiro atoms. The van der Waals surface area contributed by atoms with Crippen LogP contribution in [0.5, 0.6) is 11.5 Å². The Kier molecular flexibility index (Phi) is 4.56. The second-order valence-electron chi connectivity index (χ2n) is 6.99. The van der Waals surface area contributed by atoms with Crippen molar-refractivity contribution < 1.29 is 14.3 Å². The minimum absolute atomic E-state index is 0.0248. The minimum atomic E-state index is -0.235. The van der Waals surface area contributed by atoms with Crippen LogP contribution < -0.4 is 14.8 Å². The molecule has 0 aromatic heterocycles. The van der Waals surface area contributed by atoms with Crippen LogP contribution in [-0.2, 0) is 6.54 Å². The van der Waals surface area contributed by atoms with Crippen molar-refractivity contribution in [2.45, 2.75) is 17.6 Å². The number of anilines is 1. The fraction of sp³-hybridized carbons (Fsp3) is 0.174. The molecule has 0 saturated heterocycles. The summed E-state index contributed by atoms with van der Waals surface area (Å²) in [5.41, 5.74) is 3.72. The van der Waals surface area contributed by atoms with Gasteiger partial charge in [-0.25, -0.2) is 0 Å². The Labute approximate surface area is 173 Å². The first-order valence-corrected chi connectivity index (χ1v) is 10.6. The van der Waals surface area contributed by atoms with E-state index in [1.807, 2.05) is 59.5 Å². The van der Waals surface area contributed by atoms with Crippen molar-refractivity contribution in [3.8, 4) is 11.5 Å². The first-order chi connectivity index (χ1) is 14.2. The highest BCUT2D eigenvalue weighted by Crippen LogP contribution is 2.38. The SMILES string of the molecule is CSc1cccc(N[C@@H]2c3ccccc3C(=O)N2Cc2ccc3c(c2)OCO3)c1. The number of thioether (sulfide) groups is 1. The molecule has 146 valence electrons. The molecule has 2 heterocycles. The number of carbonyl (C=O) groups excluding carboxylic acids is 1. The van der Waals surface area contributed by atoms with Crippen LogP contribution in [0.15, 0.2) is 71.6 Å². The quantitative estimate of drug-likeness (QED) is 0.613. The van der Waals surface area contributed by atoms with Crippen LogP contribution in [0.2, 0.25) is 0 Å². The molecule has 1 atom stereocenters. The van der Waals surface area contributed by atoms with Gasteiger partial charge in [-0.2, -0.15) is 0 Å². The maximum Gasteiger partial charge on any atom is 0.256 e. The first kappa shape index (κ1) is 17.9. The van der Waals surface area contributed by atoms with Crippen molar-refractivity contribution in [3.05, 3.63) is 83.4 Å². The average molecular weight is 404 g/mol. The molecule has 1 N–H and O–H groups in total. The van der Waals surface area contributed by atoms with Gasteiger partial charge in [0.2, 0.25) is 6.79 Å². The van der Waals surface area contributed by atoms with Gasteiger partial charge in [0.25, 0.3) is 5.91 Å². The number of rotatable bonds is 5. The summed E-state index contributed by atoms with van der Waals surface area (Å²) in [6.45, 7) is 0.715. The van der Waals surface area contributed by atoms with E-state index in [4.69, 9.17) is 9.47 Å². The number of nitrogens with zero attached hydrogens (tertiary/aromatic N) is 1. The fourth-order valence-electron chi connectivity index (χ4n) is 3.80. The molecule has 6 heteroatoms. The van der Waals surface area contributed by atoms with E-state index < -0.39 is 0 Å². The van der Waals surface area contributed by atoms with E-state index in [0.717, 1.165) is 33.9 Å². The lowest BCUT2D eigenvalue weighted by Gasteiger charge is -2.27. The molecule has 1 amide bonds. The molecule has 2 aliphatic rings. The smallest absolute Gasteiger partial charge is 0.256 e. The topological polar surface area (TPSA) is 50.8 Å². The van der Waals surface area contributed by atoms with Crippen molar-refractivity contribution >= 4 is 23.4 Å². The Morgan fingerprint density at radius 1 is 1.03 bits per heavy atom. The lowest BCUT2D eigenvalue weighted by atomic mass is 10.1. The molecule has 0 unspecified atom stereocenters. The van der Waals surface area contributed by atoms with Crippen LogP contribution in [0.1, 0.15) is 27.7 Å². The molecule has 5 nitrogen and oxygen atoms in total. The zero-order valence-corrected chi connectivity index (χ0v) is 16.7. The molecule has 3 aromatic carbocycles. The van der Waals surface area contributed by atoms with Crippen LogP contribution in [0.3, 0.4) is 0 Å². The molecule has 2 aliphatic heterocycles. The number of amides is 1. The highest BCUT2D eigenvalue weighted by molar-refractivity contribution is 7.98. The lowest BCUT2D eigenvalue weighted by molar-refractivity contribution is 0.0728. The third-order valence-electron chi connectivity index (χ3n) is 5.22. The Morgan fingerprint density at radius 2 is 1.90 bits per heavy atom. The van der Waals surface area contributed by atoms with Gasteiger partial charge in [0, 0.05) is 28.3 Å². The summed E-state index contributed by atoms with van der Waals surface area (Å²) in [5, 5.41) is 3.56. The number of hydrogen-bond donors (Lipinski definition) is 1. The van der Waals surface area contributed by atoms with Crippen LogP contribution in [-0.4, -0.2) is 23.9 Å². The summed E-state index contributed by atoms with van der Waals surface area (Å²) in [5.74, 6) is 1.49. The van der Waals surface area contributed by atoms with Crippen molar-refractivity contribution in [2.24, 2.45) is 0 Å². The summed E-state index contributed by atoms with van der Waals surface area (Å²) in [7, 11) is 0. The molecule has 5 rings (SSSR count). The Hall–Kier alpha value is -3.12. The maximum absolute atomic E-state index is 13.2. The number of nitrogens with one attached hydrogen (secondary N) is 1. The van der Waals surface area contributed by atoms with Gasteiger partial charge in [-0.15, -0.1) is 11.8 Å². The summed E-state index contributed by atoms with van der Waals surface area (Å²) >= 11 is 1.70. The van der Waals surface area contributed by atoms with E-state index in [9.17, 15) is 4.79 Å². The minimum Gasteiger partial charge on any atom is -0.454 e. The van der Waals surface area contributed by atoms with Crippen molar-refractivity contribution in [1.82, 2.24) is 4.90 Å². The third kappa shape index (κ3) is 3.29. The zero-order chi connectivity index (χ0) is 19.8. The van der Waals surface area contributed by atoms with E-state index in [1.54, 1.807) is 11.8 Å². The Morgan fingerprint density at radius 3 is 2.79 bits per heavy atom. The summed E-state index contributed by atoms with van der Waals surface area (Å²) in [4.78, 5) is 16.2. The third-order valence-corrected chi connectivity index (χ3v) is 5.95. The van der Waals surface area contributed by atoms with E-state index in [2.05, 4.69) is 23.7 Å². The average Bonchev–Trinajstić information content (AvgIpc) is 3.32. The van der Waals surface area contributed by atoms with Gasteiger partial charge >= 0.3 is 0 Å². The van der Waals surface area contributed by atoms with Crippen molar-refractivity contribution in [3.63, 3.8) is 0 Å². The largest absolute Gasteiger partial charge is 0.454 e. The standard InChI is InChI=1S/C23H20N2O3S/c1-29-17-6-4-5-16(12-17)24-22-18-7-2-3-8-19(18)23(26)25(22)13-15-9-10-20-21(11-15)28-14-27-20/h2-12,22,24H,13-14H2,1H3/t22-/m0/s1. The predicted molar refractivity (Wildman–Crippen MR) is 113 cm³/mol. The monoisotopic (exact) mass is 404 g/mol. The summed E-state index contributed by atoms with van der Waals surface area (Å²) in [6, 6.07) is 21.9. The molecule has 29 heavy (non-hydrogen) atoms. The van der Waals surface area contributed by atoms with Gasteiger partial charge in [0.1, 0.15) is 6.17 Å². The molecule has 0 fully saturated rings. The van der Waals surface area contributed by atoms with Crippen molar-refractivity contribution in [2.75, 3.05) is 18.4 Å². The van der Waals surface area contributed by atoms with Crippen LogP contribution in [0.4, 0.5) is 5.69 Å². The van der Waals surface area contributed by atoms with E-state index >= 15 is 0 Å². The number of carbonyl (C=O) groups is 1. The van der Waals surface area contributed by atoms with E-state index in [1.165, 1.54) is 4.90 Å². The molecule has 3 aromatic rings. The zero-order valence-electron chi connectivity index (χ0n) is 15.9. The van der Waals surface area contributed by atoms with Crippen LogP contribution in [0.25, 0.3) is 0 Å². The second kappa shape index (κ2) is 7.37. The maximum atomic E-state index is 13.2. The van der Waals surface area contributed by atoms with Gasteiger partial charge in [-0.3, -0.25) is 4.79 Å². The molecule has 0 radical (unpaired) electrons. The summed E-state index contributed by atoms with van der Waals surface area (Å²) in [6.07, 6.45) is 1.82. The molecule has 0 saturated carbocycles.